The molecule has 0 saturated heterocycles. The zero-order valence-corrected chi connectivity index (χ0v) is 16.3. The van der Waals surface area contributed by atoms with Crippen molar-refractivity contribution in [3.63, 3.8) is 0 Å². The highest BCUT2D eigenvalue weighted by atomic mass is 32.2. The van der Waals surface area contributed by atoms with Crippen molar-refractivity contribution in [2.45, 2.75) is 24.6 Å². The zero-order chi connectivity index (χ0) is 19.6. The Hall–Kier alpha value is -2.59. The number of carbonyl (C=O) groups is 3. The number of benzene rings is 1. The van der Waals surface area contributed by atoms with Crippen LogP contribution in [0.5, 0.6) is 11.5 Å². The van der Waals surface area contributed by atoms with E-state index >= 15 is 0 Å². The number of thiazole rings is 1. The van der Waals surface area contributed by atoms with Crippen LogP contribution in [0, 0.1) is 6.92 Å². The largest absolute Gasteiger partial charge is 0.454 e. The zero-order valence-electron chi connectivity index (χ0n) is 14.7. The number of nitrogens with zero attached hydrogens (tertiary/aromatic N) is 1. The van der Waals surface area contributed by atoms with Gasteiger partial charge in [-0.25, -0.2) is 4.98 Å². The number of Topliss-reactive ketones (excluding diaryl/α,β-unsaturated/α-hetero) is 1. The maximum atomic E-state index is 12.3. The van der Waals surface area contributed by atoms with Gasteiger partial charge in [0.2, 0.25) is 18.6 Å². The summed E-state index contributed by atoms with van der Waals surface area (Å²) in [5.74, 6) is 0.168. The number of rotatable bonds is 7. The van der Waals surface area contributed by atoms with Crippen molar-refractivity contribution in [1.29, 1.82) is 0 Å². The van der Waals surface area contributed by atoms with Crippen LogP contribution >= 0.6 is 23.1 Å². The molecule has 3 rings (SSSR count). The first-order valence-electron chi connectivity index (χ1n) is 7.95. The molecule has 0 spiro atoms. The maximum Gasteiger partial charge on any atom is 0.234 e. The number of primary amides is 1. The number of nitrogens with one attached hydrogen (secondary N) is 1. The van der Waals surface area contributed by atoms with Crippen molar-refractivity contribution >= 4 is 46.4 Å². The van der Waals surface area contributed by atoms with E-state index in [2.05, 4.69) is 10.3 Å². The highest BCUT2D eigenvalue weighted by Gasteiger charge is 2.20. The van der Waals surface area contributed by atoms with Crippen LogP contribution in [0.2, 0.25) is 0 Å². The number of ether oxygens (including phenoxy) is 2. The van der Waals surface area contributed by atoms with E-state index in [0.29, 0.717) is 27.1 Å². The minimum atomic E-state index is -0.421. The van der Waals surface area contributed by atoms with Crippen molar-refractivity contribution in [3.05, 3.63) is 28.3 Å². The highest BCUT2D eigenvalue weighted by molar-refractivity contribution is 8.01. The molecule has 0 unspecified atom stereocenters. The molecule has 0 bridgehead atoms. The first-order valence-corrected chi connectivity index (χ1v) is 9.75. The molecule has 0 atom stereocenters. The third-order valence-corrected chi connectivity index (χ3v) is 6.00. The van der Waals surface area contributed by atoms with Gasteiger partial charge in [-0.2, -0.15) is 0 Å². The summed E-state index contributed by atoms with van der Waals surface area (Å²) in [6.45, 7) is 3.29. The topological polar surface area (TPSA) is 121 Å². The summed E-state index contributed by atoms with van der Waals surface area (Å²) < 4.78 is 11.2. The highest BCUT2D eigenvalue weighted by Crippen LogP contribution is 2.37. The number of aromatic nitrogens is 1. The average molecular weight is 407 g/mol. The summed E-state index contributed by atoms with van der Waals surface area (Å²) in [6, 6.07) is 3.15. The van der Waals surface area contributed by atoms with Crippen molar-refractivity contribution < 1.29 is 23.9 Å². The first kappa shape index (κ1) is 19.2. The third-order valence-electron chi connectivity index (χ3n) is 3.70. The molecule has 0 radical (unpaired) electrons. The van der Waals surface area contributed by atoms with Gasteiger partial charge in [-0.15, -0.1) is 11.3 Å². The standard InChI is InChI=1S/C17H17N3O5S2/c1-8-14(5-15(18)22)27-17(19-8)26-6-16(23)20-11-4-13-12(24-7-25-13)3-10(11)9(2)21/h3-4H,5-7H2,1-2H3,(H2,18,22)(H,20,23). The van der Waals surface area contributed by atoms with E-state index in [1.54, 1.807) is 19.1 Å². The molecule has 1 aliphatic rings. The minimum absolute atomic E-state index is 0.0803. The first-order chi connectivity index (χ1) is 12.8. The third kappa shape index (κ3) is 4.58. The van der Waals surface area contributed by atoms with Gasteiger partial charge in [0.25, 0.3) is 0 Å². The van der Waals surface area contributed by atoms with Gasteiger partial charge in [0.15, 0.2) is 21.6 Å². The van der Waals surface area contributed by atoms with E-state index in [-0.39, 0.29) is 30.7 Å². The van der Waals surface area contributed by atoms with E-state index in [0.717, 1.165) is 10.6 Å². The van der Waals surface area contributed by atoms with Gasteiger partial charge in [0.05, 0.1) is 23.6 Å². The van der Waals surface area contributed by atoms with E-state index in [4.69, 9.17) is 15.2 Å². The number of fused-ring (bicyclic) bond motifs is 1. The maximum absolute atomic E-state index is 12.3. The van der Waals surface area contributed by atoms with Crippen LogP contribution in [-0.2, 0) is 16.0 Å². The average Bonchev–Trinajstić information content (AvgIpc) is 3.18. The second kappa shape index (κ2) is 7.97. The van der Waals surface area contributed by atoms with Gasteiger partial charge in [0, 0.05) is 16.5 Å². The van der Waals surface area contributed by atoms with E-state index in [1.165, 1.54) is 30.0 Å². The van der Waals surface area contributed by atoms with Gasteiger partial charge in [0.1, 0.15) is 0 Å². The van der Waals surface area contributed by atoms with E-state index < -0.39 is 5.91 Å². The second-order valence-electron chi connectivity index (χ2n) is 5.78. The van der Waals surface area contributed by atoms with Crippen molar-refractivity contribution in [2.75, 3.05) is 17.9 Å². The van der Waals surface area contributed by atoms with Gasteiger partial charge >= 0.3 is 0 Å². The van der Waals surface area contributed by atoms with E-state index in [1.807, 2.05) is 0 Å². The number of ketones is 1. The molecule has 2 amide bonds. The van der Waals surface area contributed by atoms with Crippen LogP contribution in [0.25, 0.3) is 0 Å². The van der Waals surface area contributed by atoms with Gasteiger partial charge < -0.3 is 20.5 Å². The van der Waals surface area contributed by atoms with Crippen LogP contribution < -0.4 is 20.5 Å². The smallest absolute Gasteiger partial charge is 0.234 e. The molecular formula is C17H17N3O5S2. The Morgan fingerprint density at radius 3 is 2.67 bits per heavy atom. The normalized spacial score (nSPS) is 12.1. The summed E-state index contributed by atoms with van der Waals surface area (Å²) in [7, 11) is 0. The van der Waals surface area contributed by atoms with Crippen LogP contribution in [0.4, 0.5) is 5.69 Å². The molecule has 10 heteroatoms. The summed E-state index contributed by atoms with van der Waals surface area (Å²) in [5, 5.41) is 2.73. The summed E-state index contributed by atoms with van der Waals surface area (Å²) in [6.07, 6.45) is 0.134. The molecule has 1 aromatic carbocycles. The Balaban J connectivity index is 1.66. The van der Waals surface area contributed by atoms with Crippen molar-refractivity contribution in [2.24, 2.45) is 5.73 Å². The number of hydrogen-bond donors (Lipinski definition) is 2. The Morgan fingerprint density at radius 2 is 2.00 bits per heavy atom. The number of aryl methyl sites for hydroxylation is 1. The molecule has 27 heavy (non-hydrogen) atoms. The molecule has 2 aromatic rings. The lowest BCUT2D eigenvalue weighted by molar-refractivity contribution is -0.117. The lowest BCUT2D eigenvalue weighted by Gasteiger charge is -2.10. The van der Waals surface area contributed by atoms with Crippen LogP contribution in [0.15, 0.2) is 16.5 Å². The molecule has 142 valence electrons. The molecule has 8 nitrogen and oxygen atoms in total. The number of amides is 2. The number of carbonyl (C=O) groups excluding carboxylic acids is 3. The molecule has 2 heterocycles. The molecule has 0 saturated carbocycles. The van der Waals surface area contributed by atoms with E-state index in [9.17, 15) is 14.4 Å². The predicted octanol–water partition coefficient (Wildman–Crippen LogP) is 2.14. The fraction of sp³-hybridized carbons (Fsp3) is 0.294. The SMILES string of the molecule is CC(=O)c1cc2c(cc1NC(=O)CSc1nc(C)c(CC(N)=O)s1)OCO2. The Morgan fingerprint density at radius 1 is 1.30 bits per heavy atom. The lowest BCUT2D eigenvalue weighted by atomic mass is 10.1. The molecular weight excluding hydrogens is 390 g/mol. The predicted molar refractivity (Wildman–Crippen MR) is 102 cm³/mol. The molecule has 1 aromatic heterocycles. The van der Waals surface area contributed by atoms with Crippen LogP contribution in [0.1, 0.15) is 27.9 Å². The van der Waals surface area contributed by atoms with Crippen molar-refractivity contribution in [1.82, 2.24) is 4.98 Å². The van der Waals surface area contributed by atoms with Gasteiger partial charge in [-0.3, -0.25) is 14.4 Å². The van der Waals surface area contributed by atoms with Crippen LogP contribution in [0.3, 0.4) is 0 Å². The van der Waals surface area contributed by atoms with Gasteiger partial charge in [-0.1, -0.05) is 11.8 Å². The minimum Gasteiger partial charge on any atom is -0.454 e. The van der Waals surface area contributed by atoms with Crippen molar-refractivity contribution in [3.8, 4) is 11.5 Å². The van der Waals surface area contributed by atoms with Crippen LogP contribution in [-0.4, -0.2) is 35.1 Å². The Kier molecular flexibility index (Phi) is 5.66. The lowest BCUT2D eigenvalue weighted by Crippen LogP contribution is -2.16. The number of thioether (sulfide) groups is 1. The summed E-state index contributed by atoms with van der Waals surface area (Å²) in [4.78, 5) is 40.4. The molecule has 0 fully saturated rings. The number of anilines is 1. The summed E-state index contributed by atoms with van der Waals surface area (Å²) in [5.41, 5.74) is 6.67. The number of nitrogens with two attached hydrogens (primary N) is 1. The quantitative estimate of drug-likeness (QED) is 0.533. The fourth-order valence-corrected chi connectivity index (χ4v) is 4.48. The molecule has 3 N–H and O–H groups in total. The monoisotopic (exact) mass is 407 g/mol. The molecule has 1 aliphatic heterocycles. The molecule has 0 aliphatic carbocycles. The fourth-order valence-electron chi connectivity index (χ4n) is 2.44. The Labute approximate surface area is 163 Å². The van der Waals surface area contributed by atoms with Gasteiger partial charge in [-0.05, 0) is 19.9 Å². The number of hydrogen-bond acceptors (Lipinski definition) is 8. The summed E-state index contributed by atoms with van der Waals surface area (Å²) >= 11 is 2.59. The second-order valence-corrected chi connectivity index (χ2v) is 8.08. The Bertz CT molecular complexity index is 926.